The molecule has 38 heavy (non-hydrogen) atoms. The van der Waals surface area contributed by atoms with Crippen LogP contribution in [0.3, 0.4) is 0 Å². The van der Waals surface area contributed by atoms with Crippen molar-refractivity contribution in [3.8, 4) is 0 Å². The maximum atomic E-state index is 13.7. The number of aliphatic carboxylic acids is 1. The molecule has 2 amide bonds. The number of para-hydroxylation sites is 1. The Morgan fingerprint density at radius 3 is 2.47 bits per heavy atom. The Morgan fingerprint density at radius 2 is 1.84 bits per heavy atom. The highest BCUT2D eigenvalue weighted by atomic mass is 19.4. The second-order valence-corrected chi connectivity index (χ2v) is 9.97. The Bertz CT molecular complexity index is 1350. The number of carbonyl (C=O) groups excluding carboxylic acids is 2. The molecule has 202 valence electrons. The first kappa shape index (κ1) is 27.2. The molecule has 3 aromatic rings. The van der Waals surface area contributed by atoms with Gasteiger partial charge in [0.1, 0.15) is 0 Å². The molecule has 1 heterocycles. The number of hydrogen-bond acceptors (Lipinski definition) is 3. The first-order valence-electron chi connectivity index (χ1n) is 12.6. The molecule has 1 aliphatic carbocycles. The first-order chi connectivity index (χ1) is 18.0. The Kier molecular flexibility index (Phi) is 7.53. The summed E-state index contributed by atoms with van der Waals surface area (Å²) in [5, 5.41) is 11.7. The van der Waals surface area contributed by atoms with Crippen LogP contribution in [-0.4, -0.2) is 38.4 Å². The van der Waals surface area contributed by atoms with Crippen LogP contribution in [0.15, 0.2) is 48.5 Å². The van der Waals surface area contributed by atoms with Crippen LogP contribution < -0.4 is 5.43 Å². The molecule has 0 radical (unpaired) electrons. The second kappa shape index (κ2) is 10.5. The quantitative estimate of drug-likeness (QED) is 0.373. The molecule has 0 bridgehead atoms. The third-order valence-corrected chi connectivity index (χ3v) is 7.33. The number of benzene rings is 2. The molecule has 0 aliphatic heterocycles. The van der Waals surface area contributed by atoms with Gasteiger partial charge in [0.2, 0.25) is 11.8 Å². The number of halogens is 3. The number of aromatic nitrogens is 1. The molecule has 0 fully saturated rings. The van der Waals surface area contributed by atoms with Crippen LogP contribution >= 0.6 is 0 Å². The van der Waals surface area contributed by atoms with Crippen LogP contribution in [0.25, 0.3) is 10.9 Å². The Hall–Kier alpha value is -3.82. The van der Waals surface area contributed by atoms with E-state index in [1.54, 1.807) is 30.3 Å². The molecule has 4 rings (SSSR count). The molecule has 0 saturated heterocycles. The van der Waals surface area contributed by atoms with Crippen molar-refractivity contribution in [2.24, 2.45) is 5.92 Å². The summed E-state index contributed by atoms with van der Waals surface area (Å²) >= 11 is 0. The van der Waals surface area contributed by atoms with Crippen LogP contribution in [0.2, 0.25) is 0 Å². The number of aryl methyl sites for hydroxylation is 1. The first-order valence-corrected chi connectivity index (χ1v) is 12.6. The molecule has 0 saturated carbocycles. The van der Waals surface area contributed by atoms with Crippen LogP contribution in [0, 0.1) is 5.92 Å². The molecule has 1 aliphatic rings. The molecular formula is C28H30F3N3O4. The predicted octanol–water partition coefficient (Wildman–Crippen LogP) is 5.04. The molecule has 7 nitrogen and oxygen atoms in total. The molecular weight excluding hydrogens is 499 g/mol. The second-order valence-electron chi connectivity index (χ2n) is 9.97. The third kappa shape index (κ3) is 5.25. The van der Waals surface area contributed by atoms with E-state index in [0.717, 1.165) is 11.1 Å². The summed E-state index contributed by atoms with van der Waals surface area (Å²) in [4.78, 5) is 42.2. The lowest BCUT2D eigenvalue weighted by Crippen LogP contribution is -2.66. The van der Waals surface area contributed by atoms with Crippen LogP contribution in [-0.2, 0) is 39.8 Å². The summed E-state index contributed by atoms with van der Waals surface area (Å²) in [7, 11) is 0. The lowest BCUT2D eigenvalue weighted by atomic mass is 9.78. The number of fused-ring (bicyclic) bond motifs is 3. The number of hydrogen-bond donors (Lipinski definition) is 3. The van der Waals surface area contributed by atoms with Crippen molar-refractivity contribution in [3.05, 3.63) is 70.9 Å². The van der Waals surface area contributed by atoms with Crippen LogP contribution in [0.4, 0.5) is 13.2 Å². The van der Waals surface area contributed by atoms with E-state index in [4.69, 9.17) is 0 Å². The fourth-order valence-corrected chi connectivity index (χ4v) is 5.05. The summed E-state index contributed by atoms with van der Waals surface area (Å²) in [6.07, 6.45) is -4.23. The van der Waals surface area contributed by atoms with E-state index in [9.17, 15) is 32.7 Å². The van der Waals surface area contributed by atoms with Gasteiger partial charge in [0, 0.05) is 23.9 Å². The van der Waals surface area contributed by atoms with E-state index < -0.39 is 35.1 Å². The van der Waals surface area contributed by atoms with E-state index in [1.165, 1.54) is 12.1 Å². The molecule has 2 unspecified atom stereocenters. The van der Waals surface area contributed by atoms with Gasteiger partial charge in [-0.3, -0.25) is 15.0 Å². The number of H-pyrrole nitrogens is 1. The largest absolute Gasteiger partial charge is 0.479 e. The van der Waals surface area contributed by atoms with E-state index >= 15 is 0 Å². The molecule has 0 spiro atoms. The number of aromatic amines is 1. The van der Waals surface area contributed by atoms with Crippen molar-refractivity contribution in [1.29, 1.82) is 0 Å². The maximum Gasteiger partial charge on any atom is 0.418 e. The number of amides is 2. The highest BCUT2D eigenvalue weighted by molar-refractivity contribution is 5.93. The lowest BCUT2D eigenvalue weighted by Gasteiger charge is -2.43. The number of nitrogens with zero attached hydrogens (tertiary/aromatic N) is 1. The maximum absolute atomic E-state index is 13.7. The zero-order valence-electron chi connectivity index (χ0n) is 21.2. The van der Waals surface area contributed by atoms with Crippen molar-refractivity contribution in [1.82, 2.24) is 15.4 Å². The minimum Gasteiger partial charge on any atom is -0.479 e. The van der Waals surface area contributed by atoms with Crippen molar-refractivity contribution >= 4 is 28.7 Å². The van der Waals surface area contributed by atoms with E-state index in [0.29, 0.717) is 23.2 Å². The number of alkyl halides is 3. The fourth-order valence-electron chi connectivity index (χ4n) is 5.05. The van der Waals surface area contributed by atoms with Crippen molar-refractivity contribution in [2.45, 2.75) is 64.1 Å². The highest BCUT2D eigenvalue weighted by Gasteiger charge is 2.51. The Labute approximate surface area is 218 Å². The topological polar surface area (TPSA) is 102 Å². The van der Waals surface area contributed by atoms with Crippen LogP contribution in [0.5, 0.6) is 0 Å². The monoisotopic (exact) mass is 529 g/mol. The van der Waals surface area contributed by atoms with Gasteiger partial charge in [0.25, 0.3) is 0 Å². The highest BCUT2D eigenvalue weighted by Crippen LogP contribution is 2.41. The SMILES string of the molecule is CCC(C)CC(=O)N(NC(=O)Cc1ccccc1)C1(C(=O)O)CCc2[nH]c3c(C(F)(F)F)cccc3c2C1. The van der Waals surface area contributed by atoms with Gasteiger partial charge in [-0.15, -0.1) is 0 Å². The normalized spacial score (nSPS) is 18.0. The van der Waals surface area contributed by atoms with E-state index in [1.807, 2.05) is 13.8 Å². The molecule has 2 atom stereocenters. The summed E-state index contributed by atoms with van der Waals surface area (Å²) in [5.74, 6) is -2.51. The summed E-state index contributed by atoms with van der Waals surface area (Å²) in [6.45, 7) is 3.76. The zero-order chi connectivity index (χ0) is 27.7. The van der Waals surface area contributed by atoms with Gasteiger partial charge in [0.15, 0.2) is 5.54 Å². The van der Waals surface area contributed by atoms with E-state index in [2.05, 4.69) is 10.4 Å². The third-order valence-electron chi connectivity index (χ3n) is 7.33. The smallest absolute Gasteiger partial charge is 0.418 e. The molecule has 10 heteroatoms. The molecule has 3 N–H and O–H groups in total. The van der Waals surface area contributed by atoms with Crippen molar-refractivity contribution < 1.29 is 32.7 Å². The summed E-state index contributed by atoms with van der Waals surface area (Å²) < 4.78 is 41.0. The van der Waals surface area contributed by atoms with Gasteiger partial charge in [0.05, 0.1) is 17.5 Å². The summed E-state index contributed by atoms with van der Waals surface area (Å²) in [6, 6.07) is 12.6. The van der Waals surface area contributed by atoms with Crippen LogP contribution in [0.1, 0.15) is 55.5 Å². The minimum atomic E-state index is -4.60. The number of carboxylic acids is 1. The standard InChI is InChI=1S/C28H30F3N3O4/c1-3-17(2)14-24(36)34(33-23(35)15-18-8-5-4-6-9-18)27(26(37)38)13-12-22-20(16-27)19-10-7-11-21(25(19)32-22)28(29,30)31/h4-11,17,32H,3,12-16H2,1-2H3,(H,33,35)(H,37,38). The van der Waals surface area contributed by atoms with Gasteiger partial charge in [-0.25, -0.2) is 9.80 Å². The van der Waals surface area contributed by atoms with E-state index in [-0.39, 0.29) is 48.9 Å². The average Bonchev–Trinajstić information content (AvgIpc) is 3.24. The fraction of sp³-hybridized carbons (Fsp3) is 0.393. The van der Waals surface area contributed by atoms with Crippen molar-refractivity contribution in [3.63, 3.8) is 0 Å². The van der Waals surface area contributed by atoms with Gasteiger partial charge in [-0.2, -0.15) is 13.2 Å². The number of rotatable bonds is 7. The number of hydrazine groups is 1. The molecule has 1 aromatic heterocycles. The van der Waals surface area contributed by atoms with Gasteiger partial charge < -0.3 is 10.1 Å². The Morgan fingerprint density at radius 1 is 1.13 bits per heavy atom. The molecule has 2 aromatic carbocycles. The number of nitrogens with one attached hydrogen (secondary N) is 2. The van der Waals surface area contributed by atoms with Gasteiger partial charge in [-0.1, -0.05) is 62.7 Å². The van der Waals surface area contributed by atoms with Gasteiger partial charge >= 0.3 is 12.1 Å². The zero-order valence-corrected chi connectivity index (χ0v) is 21.2. The summed E-state index contributed by atoms with van der Waals surface area (Å²) in [5.41, 5.74) is 1.33. The Balaban J connectivity index is 1.75. The van der Waals surface area contributed by atoms with Gasteiger partial charge in [-0.05, 0) is 36.0 Å². The lowest BCUT2D eigenvalue weighted by molar-refractivity contribution is -0.167. The minimum absolute atomic E-state index is 0.0100. The van der Waals surface area contributed by atoms with Crippen molar-refractivity contribution in [2.75, 3.05) is 0 Å². The number of carbonyl (C=O) groups is 3. The average molecular weight is 530 g/mol. The predicted molar refractivity (Wildman–Crippen MR) is 135 cm³/mol. The number of carboxylic acid groups (broad SMARTS) is 1.